The quantitative estimate of drug-likeness (QED) is 0.141. The highest BCUT2D eigenvalue weighted by molar-refractivity contribution is 7.07. The van der Waals surface area contributed by atoms with Crippen molar-refractivity contribution in [1.29, 1.82) is 0 Å². The number of para-hydroxylation sites is 1. The van der Waals surface area contributed by atoms with Gasteiger partial charge in [-0.25, -0.2) is 14.5 Å². The molecule has 0 saturated heterocycles. The molecule has 0 bridgehead atoms. The van der Waals surface area contributed by atoms with Crippen LogP contribution in [-0.2, 0) is 9.53 Å². The van der Waals surface area contributed by atoms with Crippen molar-refractivity contribution in [2.24, 2.45) is 4.99 Å². The van der Waals surface area contributed by atoms with Crippen molar-refractivity contribution in [3.63, 3.8) is 0 Å². The van der Waals surface area contributed by atoms with Gasteiger partial charge in [-0.3, -0.25) is 19.5 Å². The van der Waals surface area contributed by atoms with E-state index in [4.69, 9.17) is 14.6 Å². The summed E-state index contributed by atoms with van der Waals surface area (Å²) < 4.78 is 14.2. The second-order valence-electron chi connectivity index (χ2n) is 10.1. The molecule has 0 spiro atoms. The number of non-ortho nitro benzene ring substituents is 1. The molecular weight excluding hydrogens is 594 g/mol. The van der Waals surface area contributed by atoms with Gasteiger partial charge in [-0.2, -0.15) is 5.10 Å². The average Bonchev–Trinajstić information content (AvgIpc) is 3.61. The normalized spacial score (nSPS) is 14.6. The van der Waals surface area contributed by atoms with E-state index in [1.807, 2.05) is 42.5 Å². The zero-order valence-electron chi connectivity index (χ0n) is 24.5. The molecule has 1 aliphatic heterocycles. The molecule has 1 atom stereocenters. The van der Waals surface area contributed by atoms with E-state index in [0.29, 0.717) is 43.2 Å². The van der Waals surface area contributed by atoms with E-state index < -0.39 is 16.9 Å². The van der Waals surface area contributed by atoms with Crippen molar-refractivity contribution in [3.8, 4) is 22.7 Å². The summed E-state index contributed by atoms with van der Waals surface area (Å²) in [6.07, 6.45) is 3.48. The molecule has 3 aromatic carbocycles. The Morgan fingerprint density at radius 3 is 2.53 bits per heavy atom. The van der Waals surface area contributed by atoms with E-state index in [-0.39, 0.29) is 23.4 Å². The summed E-state index contributed by atoms with van der Waals surface area (Å²) in [6.45, 7) is 3.62. The first-order valence-electron chi connectivity index (χ1n) is 14.0. The van der Waals surface area contributed by atoms with Crippen molar-refractivity contribution >= 4 is 29.1 Å². The van der Waals surface area contributed by atoms with Gasteiger partial charge in [0.2, 0.25) is 0 Å². The van der Waals surface area contributed by atoms with Crippen LogP contribution in [0.25, 0.3) is 23.0 Å². The molecule has 226 valence electrons. The minimum atomic E-state index is -0.781. The first kappa shape index (κ1) is 29.5. The number of esters is 1. The maximum absolute atomic E-state index is 14.2. The molecule has 12 heteroatoms. The van der Waals surface area contributed by atoms with Gasteiger partial charge in [0.25, 0.3) is 11.2 Å². The number of carbonyl (C=O) groups excluding carboxylic acids is 1. The highest BCUT2D eigenvalue weighted by Crippen LogP contribution is 2.32. The Labute approximate surface area is 260 Å². The Hall–Kier alpha value is -5.62. The second kappa shape index (κ2) is 12.2. The van der Waals surface area contributed by atoms with Gasteiger partial charge < -0.3 is 9.47 Å². The lowest BCUT2D eigenvalue weighted by molar-refractivity contribution is -0.384. The van der Waals surface area contributed by atoms with Crippen LogP contribution in [0.15, 0.2) is 106 Å². The number of ether oxygens (including phenoxy) is 2. The molecule has 5 aromatic rings. The number of thiazole rings is 1. The Bertz CT molecular complexity index is 2150. The number of methoxy groups -OCH3 is 1. The van der Waals surface area contributed by atoms with E-state index in [1.165, 1.54) is 28.0 Å². The number of nitro benzene ring substituents is 1. The summed E-state index contributed by atoms with van der Waals surface area (Å²) in [5.41, 5.74) is 3.32. The molecule has 3 heterocycles. The summed E-state index contributed by atoms with van der Waals surface area (Å²) in [5, 5.41) is 16.3. The fourth-order valence-corrected chi connectivity index (χ4v) is 6.27. The van der Waals surface area contributed by atoms with Gasteiger partial charge in [0.05, 0.1) is 46.2 Å². The predicted octanol–water partition coefficient (Wildman–Crippen LogP) is 4.57. The number of hydrogen-bond donors (Lipinski definition) is 0. The van der Waals surface area contributed by atoms with E-state index in [0.717, 1.165) is 5.69 Å². The molecule has 0 radical (unpaired) electrons. The molecular formula is C33H27N5O6S. The number of fused-ring (bicyclic) bond motifs is 1. The van der Waals surface area contributed by atoms with Crippen LogP contribution in [0, 0.1) is 10.1 Å². The van der Waals surface area contributed by atoms with Crippen molar-refractivity contribution < 1.29 is 19.2 Å². The van der Waals surface area contributed by atoms with Gasteiger partial charge in [-0.1, -0.05) is 53.8 Å². The summed E-state index contributed by atoms with van der Waals surface area (Å²) >= 11 is 1.18. The topological polar surface area (TPSA) is 131 Å². The van der Waals surface area contributed by atoms with Gasteiger partial charge in [-0.05, 0) is 49.8 Å². The third kappa shape index (κ3) is 5.58. The van der Waals surface area contributed by atoms with Crippen molar-refractivity contribution in [3.05, 3.63) is 137 Å². The van der Waals surface area contributed by atoms with E-state index in [2.05, 4.69) is 4.99 Å². The number of nitro groups is 1. The Balaban J connectivity index is 1.56. The Kier molecular flexibility index (Phi) is 7.97. The minimum absolute atomic E-state index is 0.0754. The lowest BCUT2D eigenvalue weighted by Crippen LogP contribution is -2.39. The van der Waals surface area contributed by atoms with E-state index in [1.54, 1.807) is 62.2 Å². The van der Waals surface area contributed by atoms with Crippen molar-refractivity contribution in [2.75, 3.05) is 13.7 Å². The zero-order valence-corrected chi connectivity index (χ0v) is 25.4. The number of nitrogens with zero attached hydrogens (tertiary/aromatic N) is 5. The molecule has 0 amide bonds. The molecule has 45 heavy (non-hydrogen) atoms. The molecule has 6 rings (SSSR count). The standard InChI is InChI=1S/C33H27N5O6S/c1-4-44-32(40)28-20(2)34-33-37(30(28)21-13-15-26(43-3)16-14-21)31(39)27(45-33)18-23-19-36(24-10-6-5-7-11-24)35-29(23)22-9-8-12-25(17-22)38(41)42/h5-19,30H,4H2,1-3H3/b27-18+/t30-/m0/s1. The molecule has 2 aromatic heterocycles. The van der Waals surface area contributed by atoms with E-state index in [9.17, 15) is 19.7 Å². The van der Waals surface area contributed by atoms with Gasteiger partial charge in [0.1, 0.15) is 11.4 Å². The van der Waals surface area contributed by atoms with Crippen LogP contribution >= 0.6 is 11.3 Å². The number of hydrogen-bond acceptors (Lipinski definition) is 9. The maximum atomic E-state index is 14.2. The summed E-state index contributed by atoms with van der Waals surface area (Å²) in [5.74, 6) is 0.0830. The van der Waals surface area contributed by atoms with Crippen LogP contribution in [0.5, 0.6) is 5.75 Å². The second-order valence-corrected chi connectivity index (χ2v) is 11.1. The van der Waals surface area contributed by atoms with Crippen LogP contribution in [0.3, 0.4) is 0 Å². The third-order valence-corrected chi connectivity index (χ3v) is 8.31. The number of rotatable bonds is 8. The smallest absolute Gasteiger partial charge is 0.338 e. The van der Waals surface area contributed by atoms with Crippen molar-refractivity contribution in [2.45, 2.75) is 19.9 Å². The SMILES string of the molecule is CCOC(=O)C1=C(C)N=c2s/c(=C/c3cn(-c4ccccc4)nc3-c3cccc([N+](=O)[O-])c3)c(=O)n2[C@H]1c1ccc(OC)cc1. The first-order valence-corrected chi connectivity index (χ1v) is 14.8. The number of benzene rings is 3. The van der Waals surface area contributed by atoms with Crippen LogP contribution < -0.4 is 19.6 Å². The van der Waals surface area contributed by atoms with Gasteiger partial charge in [0, 0.05) is 29.5 Å². The van der Waals surface area contributed by atoms with Crippen LogP contribution in [-0.4, -0.2) is 39.0 Å². The number of aromatic nitrogens is 3. The monoisotopic (exact) mass is 621 g/mol. The molecule has 11 nitrogen and oxygen atoms in total. The molecule has 0 unspecified atom stereocenters. The molecule has 0 N–H and O–H groups in total. The summed E-state index contributed by atoms with van der Waals surface area (Å²) in [6, 6.07) is 22.0. The Morgan fingerprint density at radius 2 is 1.84 bits per heavy atom. The van der Waals surface area contributed by atoms with Gasteiger partial charge >= 0.3 is 5.97 Å². The largest absolute Gasteiger partial charge is 0.497 e. The number of allylic oxidation sites excluding steroid dienone is 1. The average molecular weight is 622 g/mol. The molecule has 0 saturated carbocycles. The fraction of sp³-hybridized carbons (Fsp3) is 0.152. The molecule has 0 fully saturated rings. The Morgan fingerprint density at radius 1 is 1.09 bits per heavy atom. The van der Waals surface area contributed by atoms with Gasteiger partial charge in [0.15, 0.2) is 4.80 Å². The van der Waals surface area contributed by atoms with Crippen molar-refractivity contribution in [1.82, 2.24) is 14.3 Å². The summed E-state index contributed by atoms with van der Waals surface area (Å²) in [4.78, 5) is 43.6. The van der Waals surface area contributed by atoms with Crippen LogP contribution in [0.4, 0.5) is 5.69 Å². The number of carbonyl (C=O) groups is 1. The predicted molar refractivity (Wildman–Crippen MR) is 169 cm³/mol. The highest BCUT2D eigenvalue weighted by atomic mass is 32.1. The third-order valence-electron chi connectivity index (χ3n) is 7.33. The molecule has 0 aliphatic carbocycles. The van der Waals surface area contributed by atoms with Gasteiger partial charge in [-0.15, -0.1) is 0 Å². The minimum Gasteiger partial charge on any atom is -0.497 e. The molecule has 1 aliphatic rings. The van der Waals surface area contributed by atoms with E-state index >= 15 is 0 Å². The lowest BCUT2D eigenvalue weighted by atomic mass is 9.96. The highest BCUT2D eigenvalue weighted by Gasteiger charge is 2.33. The lowest BCUT2D eigenvalue weighted by Gasteiger charge is -2.24. The van der Waals surface area contributed by atoms with Crippen LogP contribution in [0.1, 0.15) is 31.0 Å². The maximum Gasteiger partial charge on any atom is 0.338 e. The van der Waals surface area contributed by atoms with Crippen LogP contribution in [0.2, 0.25) is 0 Å². The summed E-state index contributed by atoms with van der Waals surface area (Å²) in [7, 11) is 1.56. The fourth-order valence-electron chi connectivity index (χ4n) is 5.23. The zero-order chi connectivity index (χ0) is 31.7. The first-order chi connectivity index (χ1) is 21.8.